The first-order valence-corrected chi connectivity index (χ1v) is 5.08. The summed E-state index contributed by atoms with van der Waals surface area (Å²) in [6.45, 7) is 0.892. The number of hydrogen-bond acceptors (Lipinski definition) is 3. The van der Waals surface area contributed by atoms with E-state index in [1.54, 1.807) is 0 Å². The van der Waals surface area contributed by atoms with Gasteiger partial charge in [0.1, 0.15) is 6.04 Å². The van der Waals surface area contributed by atoms with Gasteiger partial charge in [-0.2, -0.15) is 0 Å². The molecule has 1 aliphatic rings. The van der Waals surface area contributed by atoms with E-state index in [4.69, 9.17) is 0 Å². The van der Waals surface area contributed by atoms with Crippen LogP contribution in [0.4, 0.5) is 0 Å². The summed E-state index contributed by atoms with van der Waals surface area (Å²) in [4.78, 5) is 12.4. The highest BCUT2D eigenvalue weighted by atomic mass is 16.6. The Morgan fingerprint density at radius 2 is 2.27 bits per heavy atom. The predicted octanol–water partition coefficient (Wildman–Crippen LogP) is 1.49. The van der Waals surface area contributed by atoms with Crippen molar-refractivity contribution in [3.63, 3.8) is 0 Å². The van der Waals surface area contributed by atoms with Gasteiger partial charge in [0.05, 0.1) is 0 Å². The van der Waals surface area contributed by atoms with Gasteiger partial charge in [-0.05, 0) is 24.6 Å². The summed E-state index contributed by atoms with van der Waals surface area (Å²) in [6.07, 6.45) is 0.987. The second-order valence-electron chi connectivity index (χ2n) is 3.96. The molecule has 0 fully saturated rings. The van der Waals surface area contributed by atoms with E-state index in [0.29, 0.717) is 0 Å². The zero-order valence-electron chi connectivity index (χ0n) is 8.72. The van der Waals surface area contributed by atoms with Crippen molar-refractivity contribution in [1.29, 1.82) is 0 Å². The second kappa shape index (κ2) is 3.98. The summed E-state index contributed by atoms with van der Waals surface area (Å²) in [5.74, 6) is 0. The van der Waals surface area contributed by atoms with Crippen LogP contribution in [0.1, 0.15) is 17.2 Å². The average Bonchev–Trinajstić information content (AvgIpc) is 2.22. The van der Waals surface area contributed by atoms with Crippen molar-refractivity contribution in [3.8, 4) is 0 Å². The SMILES string of the molecule is CN1CCc2ccccc2[C@H]1C[N+](=O)[O-]. The minimum atomic E-state index is -0.233. The van der Waals surface area contributed by atoms with E-state index >= 15 is 0 Å². The van der Waals surface area contributed by atoms with E-state index in [2.05, 4.69) is 11.0 Å². The summed E-state index contributed by atoms with van der Waals surface area (Å²) in [6, 6.07) is 7.94. The van der Waals surface area contributed by atoms with Crippen molar-refractivity contribution < 1.29 is 4.92 Å². The lowest BCUT2D eigenvalue weighted by atomic mass is 9.93. The molecule has 0 bridgehead atoms. The molecule has 4 heteroatoms. The molecular formula is C11H14N2O2. The normalized spacial score (nSPS) is 21.0. The van der Waals surface area contributed by atoms with Crippen LogP contribution in [0.5, 0.6) is 0 Å². The van der Waals surface area contributed by atoms with Crippen molar-refractivity contribution >= 4 is 0 Å². The first kappa shape index (κ1) is 10.1. The number of rotatable bonds is 2. The van der Waals surface area contributed by atoms with Gasteiger partial charge in [0.15, 0.2) is 0 Å². The fraction of sp³-hybridized carbons (Fsp3) is 0.455. The van der Waals surface area contributed by atoms with Crippen molar-refractivity contribution in [2.75, 3.05) is 20.1 Å². The lowest BCUT2D eigenvalue weighted by Crippen LogP contribution is -2.36. The third kappa shape index (κ3) is 1.99. The van der Waals surface area contributed by atoms with E-state index in [0.717, 1.165) is 18.5 Å². The van der Waals surface area contributed by atoms with Gasteiger partial charge in [-0.15, -0.1) is 0 Å². The van der Waals surface area contributed by atoms with Crippen LogP contribution in [0.3, 0.4) is 0 Å². The highest BCUT2D eigenvalue weighted by Crippen LogP contribution is 2.28. The van der Waals surface area contributed by atoms with Gasteiger partial charge in [0.2, 0.25) is 6.54 Å². The van der Waals surface area contributed by atoms with Gasteiger partial charge in [0.25, 0.3) is 0 Å². The molecule has 80 valence electrons. The predicted molar refractivity (Wildman–Crippen MR) is 57.4 cm³/mol. The molecule has 1 aromatic rings. The highest BCUT2D eigenvalue weighted by molar-refractivity contribution is 5.32. The molecule has 4 nitrogen and oxygen atoms in total. The van der Waals surface area contributed by atoms with Gasteiger partial charge in [-0.25, -0.2) is 0 Å². The van der Waals surface area contributed by atoms with Gasteiger partial charge in [0, 0.05) is 11.5 Å². The van der Waals surface area contributed by atoms with E-state index in [9.17, 15) is 10.1 Å². The molecule has 0 radical (unpaired) electrons. The Morgan fingerprint density at radius 1 is 1.53 bits per heavy atom. The summed E-state index contributed by atoms with van der Waals surface area (Å²) in [5.41, 5.74) is 2.37. The minimum absolute atomic E-state index is 0.00644. The molecule has 0 spiro atoms. The van der Waals surface area contributed by atoms with Crippen LogP contribution in [-0.4, -0.2) is 30.0 Å². The number of benzene rings is 1. The molecule has 15 heavy (non-hydrogen) atoms. The Kier molecular flexibility index (Phi) is 2.68. The molecule has 0 saturated carbocycles. The van der Waals surface area contributed by atoms with Crippen LogP contribution >= 0.6 is 0 Å². The highest BCUT2D eigenvalue weighted by Gasteiger charge is 2.27. The zero-order valence-corrected chi connectivity index (χ0v) is 8.72. The van der Waals surface area contributed by atoms with Gasteiger partial charge < -0.3 is 0 Å². The topological polar surface area (TPSA) is 46.4 Å². The molecule has 1 aromatic carbocycles. The molecule has 0 amide bonds. The molecule has 0 unspecified atom stereocenters. The van der Waals surface area contributed by atoms with Gasteiger partial charge >= 0.3 is 0 Å². The molecule has 1 aliphatic heterocycles. The smallest absolute Gasteiger partial charge is 0.223 e. The number of likely N-dealkylation sites (N-methyl/N-ethyl adjacent to an activating group) is 1. The standard InChI is InChI=1S/C11H14N2O2/c1-12-7-6-9-4-2-3-5-10(9)11(12)8-13(14)15/h2-5,11H,6-8H2,1H3/t11-/m1/s1. The Hall–Kier alpha value is -1.42. The van der Waals surface area contributed by atoms with E-state index in [1.807, 2.05) is 25.2 Å². The summed E-state index contributed by atoms with van der Waals surface area (Å²) in [7, 11) is 1.95. The Labute approximate surface area is 88.7 Å². The van der Waals surface area contributed by atoms with Crippen LogP contribution in [0.15, 0.2) is 24.3 Å². The van der Waals surface area contributed by atoms with Gasteiger partial charge in [-0.3, -0.25) is 15.0 Å². The fourth-order valence-electron chi connectivity index (χ4n) is 2.16. The molecule has 0 saturated heterocycles. The first-order chi connectivity index (χ1) is 7.18. The van der Waals surface area contributed by atoms with Crippen LogP contribution in [0.2, 0.25) is 0 Å². The van der Waals surface area contributed by atoms with Crippen molar-refractivity contribution in [1.82, 2.24) is 4.90 Å². The summed E-state index contributed by atoms with van der Waals surface area (Å²) >= 11 is 0. The number of fused-ring (bicyclic) bond motifs is 1. The third-order valence-electron chi connectivity index (χ3n) is 3.00. The summed E-state index contributed by atoms with van der Waals surface area (Å²) < 4.78 is 0. The maximum Gasteiger partial charge on any atom is 0.223 e. The fourth-order valence-corrected chi connectivity index (χ4v) is 2.16. The first-order valence-electron chi connectivity index (χ1n) is 5.08. The molecule has 0 aromatic heterocycles. The monoisotopic (exact) mass is 206 g/mol. The molecule has 2 rings (SSSR count). The molecule has 0 aliphatic carbocycles. The largest absolute Gasteiger partial charge is 0.293 e. The van der Waals surface area contributed by atoms with Gasteiger partial charge in [-0.1, -0.05) is 24.3 Å². The van der Waals surface area contributed by atoms with Crippen LogP contribution in [-0.2, 0) is 6.42 Å². The van der Waals surface area contributed by atoms with Crippen LogP contribution < -0.4 is 0 Å². The molecule has 1 atom stereocenters. The van der Waals surface area contributed by atoms with Crippen LogP contribution in [0, 0.1) is 10.1 Å². The number of hydrogen-bond donors (Lipinski definition) is 0. The molecular weight excluding hydrogens is 192 g/mol. The second-order valence-corrected chi connectivity index (χ2v) is 3.96. The molecule has 0 N–H and O–H groups in total. The number of nitrogens with zero attached hydrogens (tertiary/aromatic N) is 2. The quantitative estimate of drug-likeness (QED) is 0.544. The minimum Gasteiger partial charge on any atom is -0.293 e. The maximum atomic E-state index is 10.6. The van der Waals surface area contributed by atoms with Crippen molar-refractivity contribution in [2.24, 2.45) is 0 Å². The van der Waals surface area contributed by atoms with E-state index < -0.39 is 0 Å². The van der Waals surface area contributed by atoms with E-state index in [-0.39, 0.29) is 17.5 Å². The van der Waals surface area contributed by atoms with Crippen molar-refractivity contribution in [3.05, 3.63) is 45.5 Å². The molecule has 1 heterocycles. The third-order valence-corrected chi connectivity index (χ3v) is 3.00. The average molecular weight is 206 g/mol. The van der Waals surface area contributed by atoms with E-state index in [1.165, 1.54) is 5.56 Å². The summed E-state index contributed by atoms with van der Waals surface area (Å²) in [5, 5.41) is 10.6. The maximum absolute atomic E-state index is 10.6. The Morgan fingerprint density at radius 3 is 3.00 bits per heavy atom. The Balaban J connectivity index is 2.32. The van der Waals surface area contributed by atoms with Crippen LogP contribution in [0.25, 0.3) is 0 Å². The van der Waals surface area contributed by atoms with Crippen molar-refractivity contribution in [2.45, 2.75) is 12.5 Å². The number of nitro groups is 1. The lowest BCUT2D eigenvalue weighted by molar-refractivity contribution is -0.488. The zero-order chi connectivity index (χ0) is 10.8. The lowest BCUT2D eigenvalue weighted by Gasteiger charge is -2.31. The Bertz CT molecular complexity index is 379.